The second-order valence-corrected chi connectivity index (χ2v) is 3.50. The molecule has 1 heterocycles. The van der Waals surface area contributed by atoms with Crippen molar-refractivity contribution in [1.82, 2.24) is 9.78 Å². The Morgan fingerprint density at radius 2 is 1.79 bits per heavy atom. The van der Waals surface area contributed by atoms with E-state index in [1.54, 1.807) is 24.3 Å². The number of aromatic hydroxyl groups is 2. The number of hydrogen-bond donors (Lipinski definition) is 2. The minimum absolute atomic E-state index is 0.0816. The van der Waals surface area contributed by atoms with Gasteiger partial charge in [-0.2, -0.15) is 5.10 Å². The van der Waals surface area contributed by atoms with E-state index in [0.717, 1.165) is 5.69 Å². The van der Waals surface area contributed by atoms with Crippen LogP contribution in [0.2, 0.25) is 0 Å². The summed E-state index contributed by atoms with van der Waals surface area (Å²) in [5.74, 6) is 0.277. The Balaban J connectivity index is 2.49. The Hall–Kier alpha value is -1.49. The Bertz CT molecular complexity index is 450. The summed E-state index contributed by atoms with van der Waals surface area (Å²) in [7, 11) is 0. The number of rotatable bonds is 1. The minimum atomic E-state index is 0.0816. The van der Waals surface area contributed by atoms with Gasteiger partial charge < -0.3 is 10.2 Å². The van der Waals surface area contributed by atoms with E-state index in [1.165, 1.54) is 10.9 Å². The van der Waals surface area contributed by atoms with Gasteiger partial charge in [0.15, 0.2) is 10.4 Å². The molecule has 5 heteroatoms. The van der Waals surface area contributed by atoms with E-state index in [1.807, 2.05) is 0 Å². The molecule has 72 valence electrons. The second kappa shape index (κ2) is 3.34. The average Bonchev–Trinajstić information content (AvgIpc) is 2.50. The van der Waals surface area contributed by atoms with Crippen molar-refractivity contribution in [2.24, 2.45) is 0 Å². The number of phenols is 1. The van der Waals surface area contributed by atoms with E-state index >= 15 is 0 Å². The maximum atomic E-state index is 9.28. The van der Waals surface area contributed by atoms with Crippen LogP contribution in [0.25, 0.3) is 5.69 Å². The summed E-state index contributed by atoms with van der Waals surface area (Å²) >= 11 is 3.19. The summed E-state index contributed by atoms with van der Waals surface area (Å²) < 4.78 is 2.01. The molecular weight excluding hydrogens is 248 g/mol. The lowest BCUT2D eigenvalue weighted by Gasteiger charge is -2.02. The molecule has 1 aromatic heterocycles. The highest BCUT2D eigenvalue weighted by Gasteiger charge is 2.07. The number of nitrogens with zero attached hydrogens (tertiary/aromatic N) is 2. The Morgan fingerprint density at radius 3 is 2.29 bits per heavy atom. The van der Waals surface area contributed by atoms with Gasteiger partial charge in [0.2, 0.25) is 0 Å². The van der Waals surface area contributed by atoms with Crippen LogP contribution in [0, 0.1) is 0 Å². The molecule has 0 fully saturated rings. The summed E-state index contributed by atoms with van der Waals surface area (Å²) in [5, 5.41) is 22.3. The lowest BCUT2D eigenvalue weighted by Crippen LogP contribution is -1.95. The topological polar surface area (TPSA) is 58.3 Å². The lowest BCUT2D eigenvalue weighted by molar-refractivity contribution is 0.471. The number of aromatic nitrogens is 2. The zero-order valence-electron chi connectivity index (χ0n) is 7.05. The summed E-state index contributed by atoms with van der Waals surface area (Å²) in [6.07, 6.45) is 1.34. The van der Waals surface area contributed by atoms with Gasteiger partial charge in [-0.1, -0.05) is 0 Å². The summed E-state index contributed by atoms with van der Waals surface area (Å²) in [4.78, 5) is 0. The van der Waals surface area contributed by atoms with E-state index in [9.17, 15) is 5.11 Å². The monoisotopic (exact) mass is 254 g/mol. The van der Waals surface area contributed by atoms with Gasteiger partial charge in [0.25, 0.3) is 0 Å². The van der Waals surface area contributed by atoms with Crippen LogP contribution in [-0.4, -0.2) is 20.0 Å². The van der Waals surface area contributed by atoms with Crippen molar-refractivity contribution in [2.75, 3.05) is 0 Å². The number of hydrogen-bond acceptors (Lipinski definition) is 3. The first-order chi connectivity index (χ1) is 6.68. The highest BCUT2D eigenvalue weighted by molar-refractivity contribution is 9.10. The van der Waals surface area contributed by atoms with Crippen molar-refractivity contribution in [3.8, 4) is 17.2 Å². The summed E-state index contributed by atoms with van der Waals surface area (Å²) in [6, 6.07) is 6.51. The molecule has 0 radical (unpaired) electrons. The normalized spacial score (nSPS) is 10.4. The van der Waals surface area contributed by atoms with E-state index < -0.39 is 0 Å². The molecule has 0 aliphatic carbocycles. The number of phenolic OH excluding ortho intramolecular Hbond substituents is 1. The van der Waals surface area contributed by atoms with Gasteiger partial charge in [-0.3, -0.25) is 0 Å². The first kappa shape index (κ1) is 9.08. The molecule has 0 saturated heterocycles. The summed E-state index contributed by atoms with van der Waals surface area (Å²) in [5.41, 5.74) is 0.759. The molecule has 2 rings (SSSR count). The van der Waals surface area contributed by atoms with Crippen molar-refractivity contribution in [1.29, 1.82) is 0 Å². The second-order valence-electron chi connectivity index (χ2n) is 2.75. The van der Waals surface area contributed by atoms with Gasteiger partial charge >= 0.3 is 0 Å². The van der Waals surface area contributed by atoms with Crippen LogP contribution in [0.3, 0.4) is 0 Å². The largest absolute Gasteiger partial charge is 0.508 e. The molecule has 0 aliphatic rings. The predicted octanol–water partition coefficient (Wildman–Crippen LogP) is 2.05. The molecular formula is C9H7BrN2O2. The highest BCUT2D eigenvalue weighted by atomic mass is 79.9. The zero-order chi connectivity index (χ0) is 10.1. The van der Waals surface area contributed by atoms with Crippen LogP contribution in [0.15, 0.2) is 35.1 Å². The smallest absolute Gasteiger partial charge is 0.168 e. The first-order valence-electron chi connectivity index (χ1n) is 3.90. The number of benzene rings is 1. The molecule has 4 nitrogen and oxygen atoms in total. The van der Waals surface area contributed by atoms with Crippen LogP contribution >= 0.6 is 15.9 Å². The van der Waals surface area contributed by atoms with Crippen LogP contribution in [-0.2, 0) is 0 Å². The standard InChI is InChI=1S/C9H7BrN2O2/c10-9-8(14)5-11-12(9)6-1-3-7(13)4-2-6/h1-5,13-14H. The molecule has 0 unspecified atom stereocenters. The van der Waals surface area contributed by atoms with Gasteiger partial charge in [-0.25, -0.2) is 4.68 Å². The van der Waals surface area contributed by atoms with Gasteiger partial charge in [-0.15, -0.1) is 0 Å². The maximum Gasteiger partial charge on any atom is 0.168 e. The third-order valence-electron chi connectivity index (χ3n) is 1.79. The fourth-order valence-corrected chi connectivity index (χ4v) is 1.50. The Labute approximate surface area is 88.6 Å². The average molecular weight is 255 g/mol. The highest BCUT2D eigenvalue weighted by Crippen LogP contribution is 2.26. The predicted molar refractivity (Wildman–Crippen MR) is 54.6 cm³/mol. The van der Waals surface area contributed by atoms with Crippen molar-refractivity contribution in [3.05, 3.63) is 35.1 Å². The van der Waals surface area contributed by atoms with E-state index in [4.69, 9.17) is 5.11 Å². The molecule has 0 atom stereocenters. The van der Waals surface area contributed by atoms with Crippen molar-refractivity contribution in [3.63, 3.8) is 0 Å². The number of halogens is 1. The van der Waals surface area contributed by atoms with Gasteiger partial charge in [0, 0.05) is 0 Å². The van der Waals surface area contributed by atoms with Gasteiger partial charge in [0.05, 0.1) is 11.9 Å². The third kappa shape index (κ3) is 1.46. The van der Waals surface area contributed by atoms with Crippen molar-refractivity contribution >= 4 is 15.9 Å². The molecule has 0 bridgehead atoms. The molecule has 0 saturated carbocycles. The molecule has 14 heavy (non-hydrogen) atoms. The Morgan fingerprint density at radius 1 is 1.14 bits per heavy atom. The van der Waals surface area contributed by atoms with Gasteiger partial charge in [0.1, 0.15) is 5.75 Å². The quantitative estimate of drug-likeness (QED) is 0.819. The zero-order valence-corrected chi connectivity index (χ0v) is 8.64. The first-order valence-corrected chi connectivity index (χ1v) is 4.69. The van der Waals surface area contributed by atoms with E-state index in [2.05, 4.69) is 21.0 Å². The van der Waals surface area contributed by atoms with Crippen LogP contribution < -0.4 is 0 Å². The molecule has 1 aromatic carbocycles. The lowest BCUT2D eigenvalue weighted by atomic mass is 10.3. The van der Waals surface area contributed by atoms with Crippen LogP contribution in [0.5, 0.6) is 11.5 Å². The van der Waals surface area contributed by atoms with Crippen LogP contribution in [0.1, 0.15) is 0 Å². The van der Waals surface area contributed by atoms with Crippen LogP contribution in [0.4, 0.5) is 0 Å². The molecule has 0 amide bonds. The Kier molecular flexibility index (Phi) is 2.17. The van der Waals surface area contributed by atoms with E-state index in [0.29, 0.717) is 4.60 Å². The van der Waals surface area contributed by atoms with Gasteiger partial charge in [-0.05, 0) is 40.2 Å². The third-order valence-corrected chi connectivity index (χ3v) is 2.53. The maximum absolute atomic E-state index is 9.28. The van der Waals surface area contributed by atoms with E-state index in [-0.39, 0.29) is 11.5 Å². The molecule has 0 spiro atoms. The minimum Gasteiger partial charge on any atom is -0.508 e. The summed E-state index contributed by atoms with van der Waals surface area (Å²) in [6.45, 7) is 0. The fraction of sp³-hybridized carbons (Fsp3) is 0. The van der Waals surface area contributed by atoms with Crippen molar-refractivity contribution < 1.29 is 10.2 Å². The SMILES string of the molecule is Oc1ccc(-n2ncc(O)c2Br)cc1. The molecule has 0 aliphatic heterocycles. The van der Waals surface area contributed by atoms with Crippen molar-refractivity contribution in [2.45, 2.75) is 0 Å². The molecule has 2 aromatic rings. The molecule has 2 N–H and O–H groups in total. The fourth-order valence-electron chi connectivity index (χ4n) is 1.10.